The average Bonchev–Trinajstić information content (AvgIpc) is 3.21. The predicted octanol–water partition coefficient (Wildman–Crippen LogP) is 5.17. The summed E-state index contributed by atoms with van der Waals surface area (Å²) in [5.41, 5.74) is 4.43. The zero-order chi connectivity index (χ0) is 22.1. The molecule has 1 aliphatic rings. The van der Waals surface area contributed by atoms with E-state index in [9.17, 15) is 9.18 Å². The first-order valence-corrected chi connectivity index (χ1v) is 10.7. The van der Waals surface area contributed by atoms with E-state index in [1.807, 2.05) is 48.5 Å². The monoisotopic (exact) mass is 429 g/mol. The lowest BCUT2D eigenvalue weighted by Crippen LogP contribution is -2.46. The second-order valence-electron chi connectivity index (χ2n) is 7.94. The van der Waals surface area contributed by atoms with Gasteiger partial charge in [0, 0.05) is 35.2 Å². The molecule has 0 saturated carbocycles. The molecule has 0 aliphatic carbocycles. The Morgan fingerprint density at radius 3 is 2.78 bits per heavy atom. The van der Waals surface area contributed by atoms with E-state index in [4.69, 9.17) is 4.74 Å². The normalized spacial score (nSPS) is 15.4. The van der Waals surface area contributed by atoms with Crippen molar-refractivity contribution in [3.63, 3.8) is 0 Å². The molecule has 1 aliphatic heterocycles. The van der Waals surface area contributed by atoms with Crippen molar-refractivity contribution in [3.05, 3.63) is 101 Å². The number of fused-ring (bicyclic) bond motifs is 3. The lowest BCUT2D eigenvalue weighted by Gasteiger charge is -2.36. The molecule has 32 heavy (non-hydrogen) atoms. The number of amides is 2. The molecule has 0 bridgehead atoms. The number of carbonyl (C=O) groups is 1. The predicted molar refractivity (Wildman–Crippen MR) is 122 cm³/mol. The van der Waals surface area contributed by atoms with Crippen molar-refractivity contribution in [2.75, 3.05) is 13.7 Å². The third-order valence-electron chi connectivity index (χ3n) is 6.07. The van der Waals surface area contributed by atoms with Crippen LogP contribution in [0, 0.1) is 5.82 Å². The van der Waals surface area contributed by atoms with Crippen molar-refractivity contribution < 1.29 is 13.9 Å². The summed E-state index contributed by atoms with van der Waals surface area (Å²) in [6, 6.07) is 21.5. The van der Waals surface area contributed by atoms with Crippen LogP contribution in [0.1, 0.15) is 28.4 Å². The van der Waals surface area contributed by atoms with Crippen LogP contribution in [-0.2, 0) is 13.0 Å². The van der Waals surface area contributed by atoms with Gasteiger partial charge in [0.2, 0.25) is 0 Å². The van der Waals surface area contributed by atoms with Gasteiger partial charge in [0.05, 0.1) is 7.11 Å². The molecule has 162 valence electrons. The number of nitrogens with zero attached hydrogens (tertiary/aromatic N) is 1. The number of H-pyrrole nitrogens is 1. The van der Waals surface area contributed by atoms with Gasteiger partial charge in [0.1, 0.15) is 17.6 Å². The Labute approximate surface area is 185 Å². The molecule has 2 amide bonds. The fourth-order valence-electron chi connectivity index (χ4n) is 4.54. The fraction of sp³-hybridized carbons (Fsp3) is 0.192. The SMILES string of the molecule is COc1cccc(CNC(=O)N2CCc3c([nH]c4ccccc34)C2c2ccccc2F)c1. The minimum atomic E-state index is -0.530. The summed E-state index contributed by atoms with van der Waals surface area (Å²) >= 11 is 0. The van der Waals surface area contributed by atoms with Gasteiger partial charge in [-0.25, -0.2) is 9.18 Å². The largest absolute Gasteiger partial charge is 0.497 e. The number of para-hydroxylation sites is 1. The van der Waals surface area contributed by atoms with E-state index in [0.717, 1.165) is 33.5 Å². The van der Waals surface area contributed by atoms with E-state index < -0.39 is 6.04 Å². The van der Waals surface area contributed by atoms with E-state index in [0.29, 0.717) is 25.1 Å². The molecule has 0 fully saturated rings. The van der Waals surface area contributed by atoms with Crippen molar-refractivity contribution in [2.45, 2.75) is 19.0 Å². The van der Waals surface area contributed by atoms with Crippen LogP contribution in [0.2, 0.25) is 0 Å². The minimum absolute atomic E-state index is 0.231. The Hall–Kier alpha value is -3.80. The number of ether oxygens (including phenoxy) is 1. The lowest BCUT2D eigenvalue weighted by molar-refractivity contribution is 0.177. The second kappa shape index (κ2) is 8.38. The van der Waals surface area contributed by atoms with Crippen molar-refractivity contribution in [3.8, 4) is 5.75 Å². The molecule has 1 atom stereocenters. The summed E-state index contributed by atoms with van der Waals surface area (Å²) in [5.74, 6) is 0.413. The Morgan fingerprint density at radius 1 is 1.12 bits per heavy atom. The number of urea groups is 1. The molecule has 1 aromatic heterocycles. The third kappa shape index (κ3) is 3.58. The number of nitrogens with one attached hydrogen (secondary N) is 2. The molecule has 0 radical (unpaired) electrons. The smallest absolute Gasteiger partial charge is 0.318 e. The third-order valence-corrected chi connectivity index (χ3v) is 6.07. The first-order chi connectivity index (χ1) is 15.7. The zero-order valence-electron chi connectivity index (χ0n) is 17.8. The number of methoxy groups -OCH3 is 1. The molecule has 2 heterocycles. The molecule has 5 nitrogen and oxygen atoms in total. The van der Waals surface area contributed by atoms with E-state index in [2.05, 4.69) is 16.4 Å². The summed E-state index contributed by atoms with van der Waals surface area (Å²) in [6.45, 7) is 0.855. The Morgan fingerprint density at radius 2 is 1.94 bits per heavy atom. The maximum absolute atomic E-state index is 14.9. The lowest BCUT2D eigenvalue weighted by atomic mass is 9.92. The van der Waals surface area contributed by atoms with Crippen LogP contribution in [-0.4, -0.2) is 29.6 Å². The van der Waals surface area contributed by atoms with Crippen LogP contribution >= 0.6 is 0 Å². The van der Waals surface area contributed by atoms with Gasteiger partial charge in [-0.2, -0.15) is 0 Å². The average molecular weight is 429 g/mol. The number of rotatable bonds is 4. The van der Waals surface area contributed by atoms with Gasteiger partial charge in [-0.05, 0) is 41.8 Å². The summed E-state index contributed by atoms with van der Waals surface area (Å²) < 4.78 is 20.2. The van der Waals surface area contributed by atoms with E-state index in [-0.39, 0.29) is 11.8 Å². The number of carbonyl (C=O) groups excluding carboxylic acids is 1. The van der Waals surface area contributed by atoms with E-state index in [1.54, 1.807) is 24.1 Å². The Balaban J connectivity index is 1.49. The minimum Gasteiger partial charge on any atom is -0.497 e. The van der Waals surface area contributed by atoms with Crippen molar-refractivity contribution in [1.82, 2.24) is 15.2 Å². The van der Waals surface area contributed by atoms with Gasteiger partial charge < -0.3 is 19.9 Å². The highest BCUT2D eigenvalue weighted by molar-refractivity contribution is 5.86. The number of benzene rings is 3. The van der Waals surface area contributed by atoms with Crippen LogP contribution < -0.4 is 10.1 Å². The molecular formula is C26H24FN3O2. The first kappa shape index (κ1) is 20.1. The van der Waals surface area contributed by atoms with Gasteiger partial charge >= 0.3 is 6.03 Å². The quantitative estimate of drug-likeness (QED) is 0.470. The number of hydrogen-bond acceptors (Lipinski definition) is 2. The number of aromatic amines is 1. The summed E-state index contributed by atoms with van der Waals surface area (Å²) in [5, 5.41) is 4.12. The summed E-state index contributed by atoms with van der Waals surface area (Å²) in [7, 11) is 1.61. The van der Waals surface area contributed by atoms with Crippen LogP contribution in [0.4, 0.5) is 9.18 Å². The molecule has 5 rings (SSSR count). The molecule has 4 aromatic rings. The summed E-state index contributed by atoms with van der Waals surface area (Å²) in [6.07, 6.45) is 0.705. The Bertz CT molecular complexity index is 1280. The molecule has 6 heteroatoms. The number of halogens is 1. The van der Waals surface area contributed by atoms with Crippen molar-refractivity contribution in [1.29, 1.82) is 0 Å². The number of hydrogen-bond donors (Lipinski definition) is 2. The molecule has 2 N–H and O–H groups in total. The topological polar surface area (TPSA) is 57.4 Å². The van der Waals surface area contributed by atoms with Crippen LogP contribution in [0.25, 0.3) is 10.9 Å². The van der Waals surface area contributed by atoms with Gasteiger partial charge in [-0.15, -0.1) is 0 Å². The zero-order valence-corrected chi connectivity index (χ0v) is 17.8. The highest BCUT2D eigenvalue weighted by atomic mass is 19.1. The highest BCUT2D eigenvalue weighted by Crippen LogP contribution is 2.39. The molecule has 0 spiro atoms. The standard InChI is InChI=1S/C26H24FN3O2/c1-32-18-8-6-7-17(15-18)16-28-26(31)30-14-13-20-19-9-3-5-12-23(19)29-24(20)25(30)21-10-2-4-11-22(21)27/h2-12,15,25,29H,13-14,16H2,1H3,(H,28,31). The van der Waals surface area contributed by atoms with Crippen LogP contribution in [0.3, 0.4) is 0 Å². The van der Waals surface area contributed by atoms with Crippen LogP contribution in [0.5, 0.6) is 5.75 Å². The van der Waals surface area contributed by atoms with Gasteiger partial charge in [-0.3, -0.25) is 0 Å². The van der Waals surface area contributed by atoms with Gasteiger partial charge in [-0.1, -0.05) is 48.5 Å². The van der Waals surface area contributed by atoms with Crippen LogP contribution in [0.15, 0.2) is 72.8 Å². The van der Waals surface area contributed by atoms with Crippen molar-refractivity contribution >= 4 is 16.9 Å². The highest BCUT2D eigenvalue weighted by Gasteiger charge is 2.35. The second-order valence-corrected chi connectivity index (χ2v) is 7.94. The maximum atomic E-state index is 14.9. The molecular weight excluding hydrogens is 405 g/mol. The molecule has 1 unspecified atom stereocenters. The fourth-order valence-corrected chi connectivity index (χ4v) is 4.54. The van der Waals surface area contributed by atoms with E-state index in [1.165, 1.54) is 6.07 Å². The van der Waals surface area contributed by atoms with E-state index >= 15 is 0 Å². The molecule has 0 saturated heterocycles. The van der Waals surface area contributed by atoms with Crippen molar-refractivity contribution in [2.24, 2.45) is 0 Å². The first-order valence-electron chi connectivity index (χ1n) is 10.7. The number of aromatic nitrogens is 1. The van der Waals surface area contributed by atoms with Gasteiger partial charge in [0.25, 0.3) is 0 Å². The summed E-state index contributed by atoms with van der Waals surface area (Å²) in [4.78, 5) is 18.5. The maximum Gasteiger partial charge on any atom is 0.318 e. The molecule has 3 aromatic carbocycles. The van der Waals surface area contributed by atoms with Gasteiger partial charge in [0.15, 0.2) is 0 Å². The Kier molecular flexibility index (Phi) is 5.27.